The van der Waals surface area contributed by atoms with Gasteiger partial charge in [-0.25, -0.2) is 0 Å². The summed E-state index contributed by atoms with van der Waals surface area (Å²) in [5.41, 5.74) is 1.51. The van der Waals surface area contributed by atoms with Crippen LogP contribution in [0.1, 0.15) is 132 Å². The van der Waals surface area contributed by atoms with E-state index >= 15 is 0 Å². The van der Waals surface area contributed by atoms with Crippen molar-refractivity contribution in [2.75, 3.05) is 75.9 Å². The van der Waals surface area contributed by atoms with Gasteiger partial charge in [0.1, 0.15) is 18.1 Å². The molecule has 71 heavy (non-hydrogen) atoms. The molecule has 2 saturated carbocycles. The number of nitrogens with one attached hydrogen (secondary N) is 4. The first-order valence-corrected chi connectivity index (χ1v) is 24.3. The maximum absolute atomic E-state index is 8.69. The number of aliphatic hydroxyl groups is 1. The summed E-state index contributed by atoms with van der Waals surface area (Å²) in [6, 6.07) is 12.8. The molecule has 2 aromatic carbocycles. The van der Waals surface area contributed by atoms with E-state index in [9.17, 15) is 0 Å². The molecule has 2 atom stereocenters. The molecule has 2 unspecified atom stereocenters. The molecule has 2 aliphatic carbocycles. The van der Waals surface area contributed by atoms with E-state index in [0.717, 1.165) is 56.6 Å². The van der Waals surface area contributed by atoms with Crippen LogP contribution in [-0.4, -0.2) is 129 Å². The Bertz CT molecular complexity index is 2070. The van der Waals surface area contributed by atoms with E-state index in [1.807, 2.05) is 18.2 Å². The van der Waals surface area contributed by atoms with Gasteiger partial charge < -0.3 is 55.9 Å². The minimum atomic E-state index is 0. The zero-order valence-electron chi connectivity index (χ0n) is 39.7. The van der Waals surface area contributed by atoms with Crippen molar-refractivity contribution in [3.63, 3.8) is 0 Å². The zero-order chi connectivity index (χ0) is 46.0. The van der Waals surface area contributed by atoms with E-state index in [-0.39, 0.29) is 70.0 Å². The van der Waals surface area contributed by atoms with Crippen LogP contribution < -0.4 is 65.0 Å². The van der Waals surface area contributed by atoms with Crippen LogP contribution in [0, 0.1) is 0 Å². The van der Waals surface area contributed by atoms with Gasteiger partial charge in [-0.1, -0.05) is 104 Å². The number of hydrogen-bond donors (Lipinski definition) is 5. The van der Waals surface area contributed by atoms with Crippen LogP contribution in [0.3, 0.4) is 0 Å². The van der Waals surface area contributed by atoms with E-state index in [4.69, 9.17) is 54.1 Å². The Hall–Kier alpha value is -3.23. The van der Waals surface area contributed by atoms with Gasteiger partial charge in [-0.15, -0.1) is 0 Å². The SMILES string of the molecule is C.C.C.C.CN1CCCC1CO.COc1ccc(Nc2nc(Cl)nc(NC3CCCCCC3)n2)cc1Cl.COc1ccc(Nc2nc(NC3CCCCCC3)nc(OCC3CCCN3C)n2)cc1Cl.[Na+].[OH-]. The smallest absolute Gasteiger partial charge is 0.870 e. The summed E-state index contributed by atoms with van der Waals surface area (Å²) in [5, 5.41) is 23.1. The second-order valence-electron chi connectivity index (χ2n) is 17.2. The summed E-state index contributed by atoms with van der Waals surface area (Å²) in [6.07, 6.45) is 19.4. The predicted octanol–water partition coefficient (Wildman–Crippen LogP) is 9.39. The van der Waals surface area contributed by atoms with Crippen molar-refractivity contribution in [3.8, 4) is 17.5 Å². The van der Waals surface area contributed by atoms with Gasteiger partial charge in [-0.2, -0.15) is 29.9 Å². The van der Waals surface area contributed by atoms with Crippen molar-refractivity contribution < 1.29 is 54.4 Å². The van der Waals surface area contributed by atoms with Gasteiger partial charge in [0.15, 0.2) is 0 Å². The number of likely N-dealkylation sites (N-methyl/N-ethyl adjacent to an activating group) is 2. The molecule has 6 N–H and O–H groups in total. The van der Waals surface area contributed by atoms with Crippen LogP contribution in [0.25, 0.3) is 0 Å². The Kier molecular flexibility index (Phi) is 34.2. The quantitative estimate of drug-likeness (QED) is 0.0588. The van der Waals surface area contributed by atoms with Gasteiger partial charge in [0.2, 0.25) is 29.1 Å². The molecule has 0 radical (unpaired) electrons. The third-order valence-corrected chi connectivity index (χ3v) is 13.1. The Labute approximate surface area is 462 Å². The van der Waals surface area contributed by atoms with Crippen molar-refractivity contribution in [1.29, 1.82) is 0 Å². The first-order chi connectivity index (χ1) is 31.6. The summed E-state index contributed by atoms with van der Waals surface area (Å²) in [5.74, 6) is 3.06. The Morgan fingerprint density at radius 2 is 0.972 bits per heavy atom. The topological polar surface area (TPSA) is 210 Å². The number of nitrogens with zero attached hydrogens (tertiary/aromatic N) is 8. The largest absolute Gasteiger partial charge is 1.00 e. The van der Waals surface area contributed by atoms with Crippen LogP contribution in [0.4, 0.5) is 35.2 Å². The number of aliphatic hydroxyl groups excluding tert-OH is 1. The van der Waals surface area contributed by atoms with Crippen LogP contribution >= 0.6 is 34.8 Å². The molecule has 4 heterocycles. The second kappa shape index (κ2) is 35.8. The van der Waals surface area contributed by atoms with Gasteiger partial charge in [0.05, 0.1) is 30.9 Å². The standard InChI is InChI=1S/C23H33ClN6O2.C17H21Cl2N5O.C6H13NO.4CH4.Na.H2O/c1-30-13-7-10-18(30)15-32-23-28-21(25-16-8-5-3-4-6-9-16)27-22(29-23)26-17-11-12-20(31-2)19(24)14-17;1-25-14-9-8-12(10-13(14)18)21-17-23-15(19)22-16(24-17)20-11-6-4-2-3-5-7-11;1-7-4-2-3-6(7)5-8;;;;;;/h11-12,14,16,18H,3-10,13,15H2,1-2H3,(H2,25,26,27,28,29);8-11H,2-7H2,1H3,(H2,20,21,22,23,24);6,8H,2-5H2,1H3;4*1H4;;1H2/q;;;;;;;+1;/p-1. The normalized spacial score (nSPS) is 18.0. The predicted molar refractivity (Wildman–Crippen MR) is 290 cm³/mol. The van der Waals surface area contributed by atoms with E-state index < -0.39 is 0 Å². The molecule has 21 heteroatoms. The fraction of sp³-hybridized carbons (Fsp3) is 0.640. The molecule has 2 aliphatic heterocycles. The monoisotopic (exact) mass is 1060 g/mol. The first kappa shape index (κ1) is 67.8. The van der Waals surface area contributed by atoms with E-state index in [0.29, 0.717) is 88.7 Å². The molecule has 396 valence electrons. The maximum Gasteiger partial charge on any atom is 1.00 e. The summed E-state index contributed by atoms with van der Waals surface area (Å²) in [7, 11) is 7.37. The molecular formula is C50H84Cl3N12NaO5. The number of hydrogen-bond acceptors (Lipinski definition) is 17. The van der Waals surface area contributed by atoms with Gasteiger partial charge in [0.25, 0.3) is 0 Å². The van der Waals surface area contributed by atoms with Crippen LogP contribution in [0.2, 0.25) is 15.3 Å². The summed E-state index contributed by atoms with van der Waals surface area (Å²) in [4.78, 5) is 31.0. The third-order valence-electron chi connectivity index (χ3n) is 12.4. The Morgan fingerprint density at radius 1 is 0.563 bits per heavy atom. The van der Waals surface area contributed by atoms with Gasteiger partial charge >= 0.3 is 35.6 Å². The molecule has 8 rings (SSSR count). The number of anilines is 6. The second-order valence-corrected chi connectivity index (χ2v) is 18.3. The molecule has 4 fully saturated rings. The molecular weight excluding hydrogens is 978 g/mol. The molecule has 2 aromatic heterocycles. The maximum atomic E-state index is 8.69. The number of halogens is 3. The molecule has 4 aliphatic rings. The number of rotatable bonds is 14. The molecule has 0 amide bonds. The average Bonchev–Trinajstić information content (AvgIpc) is 3.68. The first-order valence-electron chi connectivity index (χ1n) is 23.1. The van der Waals surface area contributed by atoms with Gasteiger partial charge in [-0.05, 0) is 127 Å². The number of benzene rings is 2. The van der Waals surface area contributed by atoms with E-state index in [2.05, 4.69) is 75.1 Å². The molecule has 4 aromatic rings. The van der Waals surface area contributed by atoms with Crippen molar-refractivity contribution in [2.45, 2.75) is 157 Å². The number of aromatic nitrogens is 6. The van der Waals surface area contributed by atoms with Gasteiger partial charge in [-0.3, -0.25) is 0 Å². The molecule has 17 nitrogen and oxygen atoms in total. The van der Waals surface area contributed by atoms with Crippen molar-refractivity contribution in [1.82, 2.24) is 39.7 Å². The minimum Gasteiger partial charge on any atom is -0.870 e. The van der Waals surface area contributed by atoms with Gasteiger partial charge in [0, 0.05) is 35.5 Å². The number of likely N-dealkylation sites (tertiary alicyclic amines) is 2. The third kappa shape index (κ3) is 22.4. The van der Waals surface area contributed by atoms with Crippen LogP contribution in [-0.2, 0) is 0 Å². The average molecular weight is 1060 g/mol. The van der Waals surface area contributed by atoms with Crippen LogP contribution in [0.5, 0.6) is 17.5 Å². The molecule has 0 bridgehead atoms. The fourth-order valence-corrected chi connectivity index (χ4v) is 9.22. The number of methoxy groups -OCH3 is 2. The Balaban J connectivity index is 0.00000113. The van der Waals surface area contributed by atoms with Crippen molar-refractivity contribution in [2.24, 2.45) is 0 Å². The van der Waals surface area contributed by atoms with Crippen molar-refractivity contribution >= 4 is 70.0 Å². The minimum absolute atomic E-state index is 0. The van der Waals surface area contributed by atoms with E-state index in [1.165, 1.54) is 70.6 Å². The van der Waals surface area contributed by atoms with Crippen molar-refractivity contribution in [3.05, 3.63) is 51.7 Å². The summed E-state index contributed by atoms with van der Waals surface area (Å²) >= 11 is 18.5. The molecule has 2 saturated heterocycles. The summed E-state index contributed by atoms with van der Waals surface area (Å²) < 4.78 is 16.4. The van der Waals surface area contributed by atoms with E-state index in [1.54, 1.807) is 32.4 Å². The van der Waals surface area contributed by atoms with Crippen LogP contribution in [0.15, 0.2) is 36.4 Å². The summed E-state index contributed by atoms with van der Waals surface area (Å²) in [6.45, 7) is 3.16. The molecule has 0 spiro atoms. The number of ether oxygens (including phenoxy) is 3. The Morgan fingerprint density at radius 3 is 1.37 bits per heavy atom. The zero-order valence-corrected chi connectivity index (χ0v) is 44.0. The fourth-order valence-electron chi connectivity index (χ4n) is 8.54.